The van der Waals surface area contributed by atoms with Gasteiger partial charge < -0.3 is 9.84 Å². The van der Waals surface area contributed by atoms with Crippen LogP contribution in [0, 0.1) is 6.92 Å². The number of methoxy groups -OCH3 is 1. The van der Waals surface area contributed by atoms with E-state index >= 15 is 0 Å². The number of carboxylic acids is 1. The molecule has 40 heavy (non-hydrogen) atoms. The first kappa shape index (κ1) is 30.7. The second-order valence-electron chi connectivity index (χ2n) is 7.89. The van der Waals surface area contributed by atoms with Crippen LogP contribution < -0.4 is 9.75 Å². The van der Waals surface area contributed by atoms with Crippen molar-refractivity contribution in [3.8, 4) is 5.75 Å². The van der Waals surface area contributed by atoms with Crippen molar-refractivity contribution in [2.45, 2.75) is 22.8 Å². The molecule has 3 rings (SSSR count). The topological polar surface area (TPSA) is 256 Å². The summed E-state index contributed by atoms with van der Waals surface area (Å²) in [6.07, 6.45) is 0. The van der Waals surface area contributed by atoms with Crippen LogP contribution in [0.2, 0.25) is 0 Å². The van der Waals surface area contributed by atoms with Crippen molar-refractivity contribution in [1.82, 2.24) is 0 Å². The molecule has 0 fully saturated rings. The second kappa shape index (κ2) is 11.3. The Hall–Kier alpha value is -3.82. The molecule has 2 aromatic rings. The Morgan fingerprint density at radius 3 is 2.23 bits per heavy atom. The largest absolute Gasteiger partial charge is 0.494 e. The van der Waals surface area contributed by atoms with Crippen LogP contribution in [0.1, 0.15) is 5.56 Å². The average Bonchev–Trinajstić information content (AvgIpc) is 3.17. The summed E-state index contributed by atoms with van der Waals surface area (Å²) in [5.74, 6) is -3.53. The predicted octanol–water partition coefficient (Wildman–Crippen LogP) is 0.783. The van der Waals surface area contributed by atoms with E-state index in [0.717, 1.165) is 30.3 Å². The van der Waals surface area contributed by atoms with Crippen LogP contribution in [0.3, 0.4) is 0 Å². The van der Waals surface area contributed by atoms with Gasteiger partial charge in [-0.15, -0.1) is 0 Å². The van der Waals surface area contributed by atoms with E-state index in [-0.39, 0.29) is 27.6 Å². The van der Waals surface area contributed by atoms with Gasteiger partial charge in [-0.1, -0.05) is 0 Å². The van der Waals surface area contributed by atoms with Crippen molar-refractivity contribution in [3.05, 3.63) is 42.0 Å². The van der Waals surface area contributed by atoms with E-state index < -0.39 is 71.2 Å². The van der Waals surface area contributed by atoms with E-state index in [1.54, 1.807) is 0 Å². The van der Waals surface area contributed by atoms with E-state index in [9.17, 15) is 39.9 Å². The van der Waals surface area contributed by atoms with Crippen molar-refractivity contribution in [2.75, 3.05) is 24.5 Å². The molecule has 2 aromatic carbocycles. The molecular weight excluding hydrogens is 600 g/mol. The number of nitrogens with zero attached hydrogens (tertiary/aromatic N) is 4. The minimum Gasteiger partial charge on any atom is -0.494 e. The Bertz CT molecular complexity index is 1730. The molecule has 1 aliphatic rings. The molecule has 1 amide bonds. The third-order valence-electron chi connectivity index (χ3n) is 5.18. The highest BCUT2D eigenvalue weighted by atomic mass is 32.3. The van der Waals surface area contributed by atoms with Crippen molar-refractivity contribution < 1.29 is 58.0 Å². The Morgan fingerprint density at radius 1 is 1.07 bits per heavy atom. The highest BCUT2D eigenvalue weighted by molar-refractivity contribution is 7.91. The quantitative estimate of drug-likeness (QED) is 0.232. The van der Waals surface area contributed by atoms with Gasteiger partial charge in [0, 0.05) is 6.07 Å². The molecule has 1 heterocycles. The number of anilines is 1. The lowest BCUT2D eigenvalue weighted by atomic mass is 10.2. The van der Waals surface area contributed by atoms with Gasteiger partial charge in [0.15, 0.2) is 15.5 Å². The Kier molecular flexibility index (Phi) is 8.71. The van der Waals surface area contributed by atoms with E-state index in [0.29, 0.717) is 5.01 Å². The average molecular weight is 621 g/mol. The Morgan fingerprint density at radius 2 is 1.70 bits per heavy atom. The summed E-state index contributed by atoms with van der Waals surface area (Å²) in [4.78, 5) is 23.9. The number of carbonyl (C=O) groups excluding carboxylic acids is 1. The molecule has 20 heteroatoms. The Labute approximate surface area is 227 Å². The number of carbonyl (C=O) groups is 2. The number of azo groups is 1. The molecule has 1 unspecified atom stereocenters. The first-order chi connectivity index (χ1) is 18.4. The number of ether oxygens (including phenoxy) is 1. The van der Waals surface area contributed by atoms with Gasteiger partial charge in [0.2, 0.25) is 6.04 Å². The summed E-state index contributed by atoms with van der Waals surface area (Å²) in [5, 5.41) is 21.5. The van der Waals surface area contributed by atoms with Crippen LogP contribution in [-0.4, -0.2) is 82.6 Å². The Balaban J connectivity index is 1.91. The van der Waals surface area contributed by atoms with Gasteiger partial charge >= 0.3 is 16.4 Å². The monoisotopic (exact) mass is 620 g/mol. The lowest BCUT2D eigenvalue weighted by molar-refractivity contribution is -0.130. The van der Waals surface area contributed by atoms with Crippen LogP contribution in [0.5, 0.6) is 5.75 Å². The summed E-state index contributed by atoms with van der Waals surface area (Å²) < 4.78 is 96.0. The van der Waals surface area contributed by atoms with Gasteiger partial charge in [-0.25, -0.2) is 17.4 Å². The molecule has 0 saturated heterocycles. The normalized spacial score (nSPS) is 16.4. The standard InChI is InChI=1S/C20H20N4O13S3/c1-11-9-14(15(36-2)10-16(11)38(28,29)8-7-37-40(33,34)35)21-22-17-18(20(26)27)23-24(19(17)25)12-3-5-13(6-4-12)39(30,31)32/h3-6,9-10,17H,7-8H2,1-2H3,(H,26,27)(H,30,31,32)(H,33,34,35). The molecule has 0 aromatic heterocycles. The summed E-state index contributed by atoms with van der Waals surface area (Å²) in [6.45, 7) is 0.512. The lowest BCUT2D eigenvalue weighted by Gasteiger charge is -2.13. The van der Waals surface area contributed by atoms with Crippen LogP contribution in [0.15, 0.2) is 61.5 Å². The maximum atomic E-state index is 12.9. The third kappa shape index (κ3) is 7.03. The van der Waals surface area contributed by atoms with Gasteiger partial charge in [0.05, 0.1) is 34.9 Å². The van der Waals surface area contributed by atoms with E-state index in [1.807, 2.05) is 0 Å². The van der Waals surface area contributed by atoms with Crippen molar-refractivity contribution >= 4 is 59.3 Å². The number of hydrogen-bond acceptors (Lipinski definition) is 13. The lowest BCUT2D eigenvalue weighted by Crippen LogP contribution is -2.33. The molecular formula is C20H20N4O13S3. The van der Waals surface area contributed by atoms with Gasteiger partial charge in [-0.2, -0.15) is 37.2 Å². The second-order valence-corrected chi connectivity index (χ2v) is 12.5. The van der Waals surface area contributed by atoms with Gasteiger partial charge in [0.1, 0.15) is 11.4 Å². The molecule has 216 valence electrons. The number of benzene rings is 2. The van der Waals surface area contributed by atoms with Crippen molar-refractivity contribution in [3.63, 3.8) is 0 Å². The molecule has 0 aliphatic carbocycles. The number of hydrazone groups is 1. The van der Waals surface area contributed by atoms with Gasteiger partial charge in [0.25, 0.3) is 16.0 Å². The van der Waals surface area contributed by atoms with Crippen LogP contribution in [-0.2, 0) is 44.1 Å². The fourth-order valence-electron chi connectivity index (χ4n) is 3.36. The number of amides is 1. The smallest absolute Gasteiger partial charge is 0.397 e. The number of aliphatic carboxylic acids is 1. The van der Waals surface area contributed by atoms with Crippen molar-refractivity contribution in [1.29, 1.82) is 0 Å². The summed E-state index contributed by atoms with van der Waals surface area (Å²) in [7, 11) is -12.3. The van der Waals surface area contributed by atoms with Gasteiger partial charge in [-0.3, -0.25) is 13.9 Å². The zero-order valence-electron chi connectivity index (χ0n) is 20.4. The first-order valence-corrected chi connectivity index (χ1v) is 15.1. The summed E-state index contributed by atoms with van der Waals surface area (Å²) in [5.41, 5.74) is -0.746. The molecule has 0 bridgehead atoms. The molecule has 0 saturated carbocycles. The van der Waals surface area contributed by atoms with Crippen molar-refractivity contribution in [2.24, 2.45) is 15.3 Å². The minimum absolute atomic E-state index is 0.0326. The maximum Gasteiger partial charge on any atom is 0.397 e. The number of rotatable bonds is 11. The minimum atomic E-state index is -4.85. The number of aryl methyl sites for hydroxylation is 1. The first-order valence-electron chi connectivity index (χ1n) is 10.6. The predicted molar refractivity (Wildman–Crippen MR) is 134 cm³/mol. The zero-order chi connectivity index (χ0) is 30.0. The molecule has 17 nitrogen and oxygen atoms in total. The van der Waals surface area contributed by atoms with Crippen LogP contribution in [0.25, 0.3) is 0 Å². The third-order valence-corrected chi connectivity index (χ3v) is 8.33. The highest BCUT2D eigenvalue weighted by Crippen LogP contribution is 2.34. The van der Waals surface area contributed by atoms with E-state index in [4.69, 9.17) is 13.8 Å². The van der Waals surface area contributed by atoms with E-state index in [1.165, 1.54) is 20.1 Å². The molecule has 1 aliphatic heterocycles. The molecule has 0 spiro atoms. The number of sulfone groups is 1. The molecule has 3 N–H and O–H groups in total. The fraction of sp³-hybridized carbons (Fsp3) is 0.250. The highest BCUT2D eigenvalue weighted by Gasteiger charge is 2.41. The fourth-order valence-corrected chi connectivity index (χ4v) is 5.60. The number of carboxylic acid groups (broad SMARTS) is 1. The maximum absolute atomic E-state index is 12.9. The van der Waals surface area contributed by atoms with E-state index in [2.05, 4.69) is 19.5 Å². The van der Waals surface area contributed by atoms with Gasteiger partial charge in [-0.05, 0) is 42.8 Å². The molecule has 1 atom stereocenters. The SMILES string of the molecule is COc1cc(S(=O)(=O)CCOS(=O)(=O)O)c(C)cc1N=NC1C(=O)N(c2ccc(S(=O)(=O)O)cc2)N=C1C(=O)O. The molecule has 0 radical (unpaired) electrons. The zero-order valence-corrected chi connectivity index (χ0v) is 22.8. The summed E-state index contributed by atoms with van der Waals surface area (Å²) in [6, 6.07) is 4.68. The summed E-state index contributed by atoms with van der Waals surface area (Å²) >= 11 is 0. The van der Waals surface area contributed by atoms with Crippen LogP contribution >= 0.6 is 0 Å². The van der Waals surface area contributed by atoms with Crippen LogP contribution in [0.4, 0.5) is 11.4 Å². The number of hydrogen-bond donors (Lipinski definition) is 3.